The molecule has 1 unspecified atom stereocenters. The van der Waals surface area contributed by atoms with E-state index in [-0.39, 0.29) is 30.6 Å². The first-order valence-electron chi connectivity index (χ1n) is 10.9. The molecule has 0 aromatic heterocycles. The number of hydrogen-bond acceptors (Lipinski definition) is 4. The Kier molecular flexibility index (Phi) is 6.09. The van der Waals surface area contributed by atoms with Crippen LogP contribution in [-0.4, -0.2) is 59.6 Å². The molecule has 0 spiro atoms. The normalized spacial score (nSPS) is 26.3. The fourth-order valence-electron chi connectivity index (χ4n) is 5.01. The predicted octanol–water partition coefficient (Wildman–Crippen LogP) is 3.03. The maximum atomic E-state index is 12.9. The van der Waals surface area contributed by atoms with Gasteiger partial charge in [-0.25, -0.2) is 4.39 Å². The molecule has 0 radical (unpaired) electrons. The van der Waals surface area contributed by atoms with E-state index in [9.17, 15) is 14.0 Å². The van der Waals surface area contributed by atoms with Crippen molar-refractivity contribution in [3.8, 4) is 5.75 Å². The summed E-state index contributed by atoms with van der Waals surface area (Å²) in [7, 11) is 0. The van der Waals surface area contributed by atoms with Crippen LogP contribution in [0.4, 0.5) is 4.39 Å². The molecule has 0 bridgehead atoms. The van der Waals surface area contributed by atoms with Gasteiger partial charge in [0.05, 0.1) is 0 Å². The number of fused-ring (bicyclic) bond motifs is 1. The Bertz CT molecular complexity index is 843. The van der Waals surface area contributed by atoms with E-state index in [0.29, 0.717) is 37.2 Å². The molecule has 1 aromatic rings. The number of ether oxygens (including phenoxy) is 1. The number of amides is 2. The first-order valence-corrected chi connectivity index (χ1v) is 10.9. The lowest BCUT2D eigenvalue weighted by molar-refractivity contribution is -0.126. The first-order chi connectivity index (χ1) is 14.5. The van der Waals surface area contributed by atoms with Crippen molar-refractivity contribution in [3.05, 3.63) is 41.6 Å². The fraction of sp³-hybridized carbons (Fsp3) is 0.565. The summed E-state index contributed by atoms with van der Waals surface area (Å²) in [6.07, 6.45) is 4.33. The third-order valence-electron chi connectivity index (χ3n) is 6.56. The van der Waals surface area contributed by atoms with Gasteiger partial charge in [-0.2, -0.15) is 0 Å². The third kappa shape index (κ3) is 3.95. The Morgan fingerprint density at radius 2 is 2.13 bits per heavy atom. The van der Waals surface area contributed by atoms with E-state index in [4.69, 9.17) is 4.74 Å². The van der Waals surface area contributed by atoms with E-state index in [1.54, 1.807) is 11.0 Å². The van der Waals surface area contributed by atoms with E-state index < -0.39 is 6.04 Å². The summed E-state index contributed by atoms with van der Waals surface area (Å²) in [4.78, 5) is 29.0. The van der Waals surface area contributed by atoms with Crippen LogP contribution in [0.2, 0.25) is 0 Å². The van der Waals surface area contributed by atoms with E-state index in [1.165, 1.54) is 0 Å². The summed E-state index contributed by atoms with van der Waals surface area (Å²) >= 11 is 0. The highest BCUT2D eigenvalue weighted by molar-refractivity contribution is 6.01. The molecule has 3 atom stereocenters. The molecule has 4 rings (SSSR count). The van der Waals surface area contributed by atoms with Crippen LogP contribution in [0.3, 0.4) is 0 Å². The number of rotatable bonds is 7. The molecule has 2 fully saturated rings. The molecule has 1 saturated carbocycles. The number of likely N-dealkylation sites (N-methyl/N-ethyl adjacent to an activating group) is 1. The molecule has 1 aromatic carbocycles. The van der Waals surface area contributed by atoms with Crippen molar-refractivity contribution in [1.29, 1.82) is 0 Å². The van der Waals surface area contributed by atoms with Gasteiger partial charge >= 0.3 is 0 Å². The number of nitrogens with zero attached hydrogens (tertiary/aromatic N) is 2. The van der Waals surface area contributed by atoms with Crippen molar-refractivity contribution in [2.75, 3.05) is 19.8 Å². The second-order valence-corrected chi connectivity index (χ2v) is 8.37. The lowest BCUT2D eigenvalue weighted by Crippen LogP contribution is -2.49. The number of hydrogen-bond donors (Lipinski definition) is 1. The Balaban J connectivity index is 1.46. The first kappa shape index (κ1) is 20.8. The number of alkyl halides is 1. The van der Waals surface area contributed by atoms with E-state index in [1.807, 2.05) is 12.1 Å². The molecule has 30 heavy (non-hydrogen) atoms. The topological polar surface area (TPSA) is 61.9 Å². The minimum atomic E-state index is -0.460. The Labute approximate surface area is 177 Å². The van der Waals surface area contributed by atoms with Crippen molar-refractivity contribution in [1.82, 2.24) is 15.1 Å². The Morgan fingerprint density at radius 1 is 1.30 bits per heavy atom. The highest BCUT2D eigenvalue weighted by Crippen LogP contribution is 2.33. The molecule has 7 heteroatoms. The molecule has 1 N–H and O–H groups in total. The largest absolute Gasteiger partial charge is 0.489 e. The molecule has 6 nitrogen and oxygen atoms in total. The van der Waals surface area contributed by atoms with Gasteiger partial charge in [0.2, 0.25) is 5.91 Å². The van der Waals surface area contributed by atoms with Gasteiger partial charge in [0.15, 0.2) is 0 Å². The number of halogens is 1. The number of nitrogens with one attached hydrogen (secondary N) is 1. The van der Waals surface area contributed by atoms with Crippen molar-refractivity contribution < 1.29 is 18.7 Å². The maximum Gasteiger partial charge on any atom is 0.255 e. The van der Waals surface area contributed by atoms with Crippen LogP contribution in [0.15, 0.2) is 30.5 Å². The minimum absolute atomic E-state index is 0.0258. The fourth-order valence-corrected chi connectivity index (χ4v) is 5.01. The number of allylic oxidation sites excluding steroid dienone is 1. The summed E-state index contributed by atoms with van der Waals surface area (Å²) in [6, 6.07) is 5.32. The number of carbonyl (C=O) groups is 2. The van der Waals surface area contributed by atoms with E-state index >= 15 is 0 Å². The Morgan fingerprint density at radius 3 is 2.87 bits per heavy atom. The summed E-state index contributed by atoms with van der Waals surface area (Å²) < 4.78 is 19.2. The van der Waals surface area contributed by atoms with Crippen molar-refractivity contribution in [2.24, 2.45) is 0 Å². The Hall–Kier alpha value is -2.41. The zero-order valence-electron chi connectivity index (χ0n) is 17.5. The van der Waals surface area contributed by atoms with Crippen molar-refractivity contribution >= 4 is 11.8 Å². The van der Waals surface area contributed by atoms with E-state index in [0.717, 1.165) is 37.1 Å². The van der Waals surface area contributed by atoms with Crippen LogP contribution in [0.1, 0.15) is 54.9 Å². The second-order valence-electron chi connectivity index (χ2n) is 8.37. The molecule has 2 aliphatic heterocycles. The van der Waals surface area contributed by atoms with Gasteiger partial charge in [0.1, 0.15) is 24.6 Å². The smallest absolute Gasteiger partial charge is 0.255 e. The van der Waals surface area contributed by atoms with Crippen LogP contribution >= 0.6 is 0 Å². The molecule has 162 valence electrons. The van der Waals surface area contributed by atoms with Crippen LogP contribution in [-0.2, 0) is 11.3 Å². The van der Waals surface area contributed by atoms with Gasteiger partial charge < -0.3 is 15.0 Å². The summed E-state index contributed by atoms with van der Waals surface area (Å²) in [6.45, 7) is 7.15. The average molecular weight is 416 g/mol. The van der Waals surface area contributed by atoms with Gasteiger partial charge in [-0.05, 0) is 62.4 Å². The van der Waals surface area contributed by atoms with Gasteiger partial charge in [-0.3, -0.25) is 14.5 Å². The quantitative estimate of drug-likeness (QED) is 0.744. The molecular weight excluding hydrogens is 385 g/mol. The van der Waals surface area contributed by atoms with Gasteiger partial charge in [0.25, 0.3) is 5.91 Å². The molecule has 2 heterocycles. The van der Waals surface area contributed by atoms with Crippen LogP contribution < -0.4 is 10.1 Å². The predicted molar refractivity (Wildman–Crippen MR) is 112 cm³/mol. The molecule has 3 aliphatic rings. The zero-order valence-corrected chi connectivity index (χ0v) is 17.5. The highest BCUT2D eigenvalue weighted by atomic mass is 19.1. The average Bonchev–Trinajstić information content (AvgIpc) is 3.30. The molecule has 2 amide bonds. The van der Waals surface area contributed by atoms with Crippen molar-refractivity contribution in [2.45, 2.75) is 63.8 Å². The monoisotopic (exact) mass is 415 g/mol. The lowest BCUT2D eigenvalue weighted by Gasteiger charge is -2.31. The van der Waals surface area contributed by atoms with Gasteiger partial charge in [-0.1, -0.05) is 13.5 Å². The molecular formula is C23H30FN3O3. The van der Waals surface area contributed by atoms with Crippen LogP contribution in [0.5, 0.6) is 5.75 Å². The number of piperidine rings is 1. The SMILES string of the molecule is C=C1CCC(N2Cc3cc(O[C@H]4CCC[C@H]4N(CC)CCF)ccc3C2=O)C(=O)N1. The van der Waals surface area contributed by atoms with Crippen LogP contribution in [0, 0.1) is 0 Å². The lowest BCUT2D eigenvalue weighted by atomic mass is 10.0. The van der Waals surface area contributed by atoms with Gasteiger partial charge in [0, 0.05) is 30.4 Å². The number of carbonyl (C=O) groups excluding carboxylic acids is 2. The molecule has 1 aliphatic carbocycles. The maximum absolute atomic E-state index is 12.9. The second kappa shape index (κ2) is 8.76. The minimum Gasteiger partial charge on any atom is -0.489 e. The van der Waals surface area contributed by atoms with Crippen LogP contribution in [0.25, 0.3) is 0 Å². The van der Waals surface area contributed by atoms with E-state index in [2.05, 4.69) is 23.7 Å². The summed E-state index contributed by atoms with van der Waals surface area (Å²) in [5, 5.41) is 2.76. The number of benzene rings is 1. The molecule has 1 saturated heterocycles. The third-order valence-corrected chi connectivity index (χ3v) is 6.56. The summed E-state index contributed by atoms with van der Waals surface area (Å²) in [5.41, 5.74) is 2.23. The standard InChI is InChI=1S/C23H30FN3O3/c1-3-26(12-11-24)19-5-4-6-21(19)30-17-8-9-18-16(13-17)14-27(23(18)29)20-10-7-15(2)25-22(20)28/h8-9,13,19-21H,2-7,10-12,14H2,1H3,(H,25,28)/t19-,20?,21+/m1/s1. The summed E-state index contributed by atoms with van der Waals surface area (Å²) in [5.74, 6) is 0.464. The highest BCUT2D eigenvalue weighted by Gasteiger charge is 2.38. The zero-order chi connectivity index (χ0) is 21.3. The van der Waals surface area contributed by atoms with Gasteiger partial charge in [-0.15, -0.1) is 0 Å². The van der Waals surface area contributed by atoms with Crippen molar-refractivity contribution in [3.63, 3.8) is 0 Å².